The Morgan fingerprint density at radius 2 is 2.25 bits per heavy atom. The van der Waals surface area contributed by atoms with Crippen LogP contribution in [-0.2, 0) is 12.0 Å². The maximum atomic E-state index is 11.6. The van der Waals surface area contributed by atoms with Crippen LogP contribution in [0, 0.1) is 0 Å². The van der Waals surface area contributed by atoms with Gasteiger partial charge in [-0.2, -0.15) is 0 Å². The lowest BCUT2D eigenvalue weighted by Crippen LogP contribution is -2.52. The Hall–Kier alpha value is -1.17. The number of fused-ring (bicyclic) bond motifs is 1. The molecule has 0 saturated carbocycles. The fourth-order valence-corrected chi connectivity index (χ4v) is 2.32. The van der Waals surface area contributed by atoms with Gasteiger partial charge in [-0.25, -0.2) is 0 Å². The maximum absolute atomic E-state index is 11.6. The van der Waals surface area contributed by atoms with Gasteiger partial charge >= 0.3 is 0 Å². The van der Waals surface area contributed by atoms with Crippen LogP contribution in [0.15, 0.2) is 17.1 Å². The van der Waals surface area contributed by atoms with Crippen molar-refractivity contribution in [2.24, 2.45) is 0 Å². The molecule has 0 radical (unpaired) electrons. The normalized spacial score (nSPS) is 33.5. The molecule has 0 unspecified atom stereocenters. The second kappa shape index (κ2) is 3.69. The van der Waals surface area contributed by atoms with E-state index in [1.54, 1.807) is 13.0 Å². The Morgan fingerprint density at radius 3 is 2.88 bits per heavy atom. The first-order chi connectivity index (χ1) is 7.50. The van der Waals surface area contributed by atoms with Gasteiger partial charge in [-0.3, -0.25) is 4.79 Å². The summed E-state index contributed by atoms with van der Waals surface area (Å²) in [4.78, 5) is 14.1. The average molecular weight is 225 g/mol. The lowest BCUT2D eigenvalue weighted by molar-refractivity contribution is -0.140. The van der Waals surface area contributed by atoms with E-state index in [1.807, 2.05) is 0 Å². The summed E-state index contributed by atoms with van der Waals surface area (Å²) < 4.78 is 0. The predicted octanol–water partition coefficient (Wildman–Crippen LogP) is -0.750. The van der Waals surface area contributed by atoms with Crippen molar-refractivity contribution in [2.75, 3.05) is 0 Å². The predicted molar refractivity (Wildman–Crippen MR) is 57.0 cm³/mol. The van der Waals surface area contributed by atoms with Crippen molar-refractivity contribution in [3.8, 4) is 0 Å². The molecule has 1 aliphatic rings. The first-order valence-corrected chi connectivity index (χ1v) is 5.30. The number of aliphatic hydroxyl groups excluding tert-OH is 2. The van der Waals surface area contributed by atoms with Crippen LogP contribution in [0.25, 0.3) is 0 Å². The molecule has 3 atom stereocenters. The minimum atomic E-state index is -1.54. The van der Waals surface area contributed by atoms with Gasteiger partial charge in [-0.05, 0) is 18.1 Å². The molecule has 1 aromatic rings. The van der Waals surface area contributed by atoms with E-state index in [-0.39, 0.29) is 18.4 Å². The maximum Gasteiger partial charge on any atom is 0.251 e. The summed E-state index contributed by atoms with van der Waals surface area (Å²) in [5, 5.41) is 29.8. The zero-order valence-corrected chi connectivity index (χ0v) is 8.97. The number of rotatable bonds is 1. The highest BCUT2D eigenvalue weighted by molar-refractivity contribution is 5.35. The highest BCUT2D eigenvalue weighted by atomic mass is 16.4. The standard InChI is InChI=1S/C11H15NO4/c1-2-11(16)7-3-4-12-10(15)6(7)5-8(13)9(11)14/h3-4,8-9,13-14,16H,2,5H2,1H3,(H,12,15)/t8-,9-,11-/m0/s1. The summed E-state index contributed by atoms with van der Waals surface area (Å²) >= 11 is 0. The van der Waals surface area contributed by atoms with Crippen molar-refractivity contribution in [3.63, 3.8) is 0 Å². The van der Waals surface area contributed by atoms with Crippen LogP contribution in [-0.4, -0.2) is 32.5 Å². The zero-order chi connectivity index (χ0) is 11.9. The Balaban J connectivity index is 2.66. The Labute approximate surface area is 92.4 Å². The van der Waals surface area contributed by atoms with Gasteiger partial charge in [-0.1, -0.05) is 6.92 Å². The van der Waals surface area contributed by atoms with Crippen molar-refractivity contribution in [1.82, 2.24) is 4.98 Å². The topological polar surface area (TPSA) is 93.5 Å². The van der Waals surface area contributed by atoms with E-state index in [9.17, 15) is 20.1 Å². The number of hydrogen-bond donors (Lipinski definition) is 4. The van der Waals surface area contributed by atoms with Gasteiger partial charge in [0, 0.05) is 18.2 Å². The van der Waals surface area contributed by atoms with Crippen LogP contribution < -0.4 is 5.56 Å². The van der Waals surface area contributed by atoms with E-state index >= 15 is 0 Å². The number of H-pyrrole nitrogens is 1. The summed E-state index contributed by atoms with van der Waals surface area (Å²) in [6, 6.07) is 1.58. The van der Waals surface area contributed by atoms with Crippen LogP contribution in [0.4, 0.5) is 0 Å². The van der Waals surface area contributed by atoms with Crippen molar-refractivity contribution < 1.29 is 15.3 Å². The second-order valence-corrected chi connectivity index (χ2v) is 4.19. The summed E-state index contributed by atoms with van der Waals surface area (Å²) in [6.45, 7) is 1.70. The molecule has 16 heavy (non-hydrogen) atoms. The Bertz CT molecular complexity index is 456. The van der Waals surface area contributed by atoms with E-state index in [1.165, 1.54) is 6.20 Å². The Morgan fingerprint density at radius 1 is 1.56 bits per heavy atom. The number of aromatic nitrogens is 1. The highest BCUT2D eigenvalue weighted by Crippen LogP contribution is 2.36. The van der Waals surface area contributed by atoms with E-state index in [0.717, 1.165) is 0 Å². The molecule has 88 valence electrons. The molecule has 5 nitrogen and oxygen atoms in total. The van der Waals surface area contributed by atoms with Gasteiger partial charge in [-0.15, -0.1) is 0 Å². The van der Waals surface area contributed by atoms with E-state index in [0.29, 0.717) is 11.1 Å². The van der Waals surface area contributed by atoms with Gasteiger partial charge in [0.25, 0.3) is 5.56 Å². The minimum Gasteiger partial charge on any atom is -0.390 e. The van der Waals surface area contributed by atoms with Crippen LogP contribution in [0.1, 0.15) is 24.5 Å². The molecule has 1 heterocycles. The quantitative estimate of drug-likeness (QED) is 0.506. The first kappa shape index (κ1) is 11.3. The number of aliphatic hydroxyl groups is 3. The van der Waals surface area contributed by atoms with Gasteiger partial charge < -0.3 is 20.3 Å². The van der Waals surface area contributed by atoms with Crippen LogP contribution >= 0.6 is 0 Å². The monoisotopic (exact) mass is 225 g/mol. The van der Waals surface area contributed by atoms with Crippen LogP contribution in [0.2, 0.25) is 0 Å². The molecular weight excluding hydrogens is 210 g/mol. The van der Waals surface area contributed by atoms with E-state index in [4.69, 9.17) is 0 Å². The van der Waals surface area contributed by atoms with Crippen LogP contribution in [0.5, 0.6) is 0 Å². The number of aromatic amines is 1. The van der Waals surface area contributed by atoms with Gasteiger partial charge in [0.2, 0.25) is 0 Å². The molecule has 4 N–H and O–H groups in total. The fraction of sp³-hybridized carbons (Fsp3) is 0.545. The third-order valence-corrected chi connectivity index (χ3v) is 3.34. The third-order valence-electron chi connectivity index (χ3n) is 3.34. The fourth-order valence-electron chi connectivity index (χ4n) is 2.32. The number of nitrogens with one attached hydrogen (secondary N) is 1. The molecule has 0 aromatic carbocycles. The lowest BCUT2D eigenvalue weighted by Gasteiger charge is -2.40. The highest BCUT2D eigenvalue weighted by Gasteiger charge is 2.46. The van der Waals surface area contributed by atoms with E-state index < -0.39 is 17.8 Å². The number of hydrogen-bond acceptors (Lipinski definition) is 4. The molecule has 2 rings (SSSR count). The molecule has 5 heteroatoms. The Kier molecular flexibility index (Phi) is 2.61. The largest absolute Gasteiger partial charge is 0.390 e. The lowest BCUT2D eigenvalue weighted by atomic mass is 9.75. The molecule has 0 saturated heterocycles. The smallest absolute Gasteiger partial charge is 0.251 e. The van der Waals surface area contributed by atoms with Gasteiger partial charge in [0.1, 0.15) is 11.7 Å². The van der Waals surface area contributed by atoms with Crippen molar-refractivity contribution in [2.45, 2.75) is 37.6 Å². The summed E-state index contributed by atoms with van der Waals surface area (Å²) in [7, 11) is 0. The molecular formula is C11H15NO4. The summed E-state index contributed by atoms with van der Waals surface area (Å²) in [5.74, 6) is 0. The van der Waals surface area contributed by atoms with E-state index in [2.05, 4.69) is 4.98 Å². The molecule has 0 bridgehead atoms. The zero-order valence-electron chi connectivity index (χ0n) is 8.97. The SMILES string of the molecule is CC[C@]1(O)c2cc[nH]c(=O)c2C[C@H](O)[C@@H]1O. The summed E-state index contributed by atoms with van der Waals surface area (Å²) in [5.41, 5.74) is -1.10. The second-order valence-electron chi connectivity index (χ2n) is 4.19. The first-order valence-electron chi connectivity index (χ1n) is 5.30. The summed E-state index contributed by atoms with van der Waals surface area (Å²) in [6.07, 6.45) is -0.629. The van der Waals surface area contributed by atoms with Gasteiger partial charge in [0.15, 0.2) is 0 Å². The van der Waals surface area contributed by atoms with Crippen molar-refractivity contribution in [3.05, 3.63) is 33.7 Å². The molecule has 0 spiro atoms. The average Bonchev–Trinajstić information content (AvgIpc) is 2.28. The molecule has 1 aliphatic carbocycles. The molecule has 1 aromatic heterocycles. The molecule has 0 aliphatic heterocycles. The number of pyridine rings is 1. The van der Waals surface area contributed by atoms with Crippen molar-refractivity contribution >= 4 is 0 Å². The molecule has 0 amide bonds. The van der Waals surface area contributed by atoms with Gasteiger partial charge in [0.05, 0.1) is 6.10 Å². The molecule has 0 fully saturated rings. The van der Waals surface area contributed by atoms with Crippen LogP contribution in [0.3, 0.4) is 0 Å². The third kappa shape index (κ3) is 1.40. The minimum absolute atomic E-state index is 0.0645. The van der Waals surface area contributed by atoms with Crippen molar-refractivity contribution in [1.29, 1.82) is 0 Å².